The Hall–Kier alpha value is -2.08. The molecule has 2 fully saturated rings. The van der Waals surface area contributed by atoms with Crippen LogP contribution in [0, 0.1) is 0 Å². The number of benzene rings is 2. The summed E-state index contributed by atoms with van der Waals surface area (Å²) in [6.45, 7) is 3.16. The van der Waals surface area contributed by atoms with Crippen molar-refractivity contribution in [2.45, 2.75) is 38.3 Å². The maximum Gasteiger partial charge on any atom is 0.337 e. The van der Waals surface area contributed by atoms with E-state index in [1.807, 2.05) is 29.2 Å². The van der Waals surface area contributed by atoms with Gasteiger partial charge in [0.25, 0.3) is 0 Å². The minimum absolute atomic E-state index is 0.00884. The molecule has 0 N–H and O–H groups in total. The highest BCUT2D eigenvalue weighted by Crippen LogP contribution is 2.34. The zero-order valence-corrected chi connectivity index (χ0v) is 19.1. The quantitative estimate of drug-likeness (QED) is 0.586. The number of nitrogens with zero attached hydrogens (tertiary/aromatic N) is 2. The molecular formula is C24H26Cl2N2O3. The molecule has 1 amide bonds. The molecule has 0 aliphatic carbocycles. The van der Waals surface area contributed by atoms with Crippen molar-refractivity contribution in [1.82, 2.24) is 9.80 Å². The molecule has 7 heteroatoms. The van der Waals surface area contributed by atoms with E-state index in [4.69, 9.17) is 27.9 Å². The molecule has 1 atom stereocenters. The Morgan fingerprint density at radius 3 is 2.26 bits per heavy atom. The smallest absolute Gasteiger partial charge is 0.337 e. The molecule has 0 radical (unpaired) electrons. The van der Waals surface area contributed by atoms with E-state index >= 15 is 0 Å². The van der Waals surface area contributed by atoms with Crippen LogP contribution in [-0.2, 0) is 16.1 Å². The molecular weight excluding hydrogens is 435 g/mol. The van der Waals surface area contributed by atoms with Gasteiger partial charge >= 0.3 is 5.97 Å². The molecule has 0 aromatic heterocycles. The predicted octanol–water partition coefficient (Wildman–Crippen LogP) is 5.03. The summed E-state index contributed by atoms with van der Waals surface area (Å²) in [5.41, 5.74) is 3.00. The normalized spacial score (nSPS) is 19.6. The monoisotopic (exact) mass is 460 g/mol. The lowest BCUT2D eigenvalue weighted by molar-refractivity contribution is -0.132. The third-order valence-corrected chi connectivity index (χ3v) is 6.90. The first-order valence-corrected chi connectivity index (χ1v) is 11.4. The molecule has 2 heterocycles. The van der Waals surface area contributed by atoms with Gasteiger partial charge in [0.05, 0.1) is 18.7 Å². The zero-order chi connectivity index (χ0) is 22.0. The van der Waals surface area contributed by atoms with E-state index in [9.17, 15) is 9.59 Å². The topological polar surface area (TPSA) is 49.9 Å². The van der Waals surface area contributed by atoms with Crippen LogP contribution in [-0.4, -0.2) is 54.5 Å². The van der Waals surface area contributed by atoms with Gasteiger partial charge in [0.15, 0.2) is 0 Å². The summed E-state index contributed by atoms with van der Waals surface area (Å²) < 4.78 is 4.74. The number of hydrogen-bond donors (Lipinski definition) is 0. The number of likely N-dealkylation sites (tertiary alicyclic amines) is 2. The summed E-state index contributed by atoms with van der Waals surface area (Å²) in [6.07, 6.45) is 4.45. The summed E-state index contributed by atoms with van der Waals surface area (Å²) in [7, 11) is 1.36. The average Bonchev–Trinajstić information content (AvgIpc) is 3.16. The number of hydrogen-bond acceptors (Lipinski definition) is 4. The standard InChI is InChI=1S/C24H26Cl2N2O3/c1-31-24(30)17-7-5-16(6-8-17)18-13-20(25)19(21(26)14-18)15-28-12-9-22(23(28)29)27-10-3-2-4-11-27/h5-8,13-14,22H,2-4,9-12,15H2,1H3. The number of esters is 1. The van der Waals surface area contributed by atoms with Crippen LogP contribution in [0.5, 0.6) is 0 Å². The molecule has 0 bridgehead atoms. The number of ether oxygens (including phenoxy) is 1. The number of carbonyl (C=O) groups excluding carboxylic acids is 2. The van der Waals surface area contributed by atoms with Crippen molar-refractivity contribution in [2.24, 2.45) is 0 Å². The summed E-state index contributed by atoms with van der Waals surface area (Å²) in [5.74, 6) is -0.201. The van der Waals surface area contributed by atoms with Crippen LogP contribution in [0.4, 0.5) is 0 Å². The highest BCUT2D eigenvalue weighted by Gasteiger charge is 2.36. The number of carbonyl (C=O) groups is 2. The Morgan fingerprint density at radius 2 is 1.65 bits per heavy atom. The van der Waals surface area contributed by atoms with Gasteiger partial charge in [-0.15, -0.1) is 0 Å². The zero-order valence-electron chi connectivity index (χ0n) is 17.6. The van der Waals surface area contributed by atoms with E-state index in [0.29, 0.717) is 22.2 Å². The first kappa shape index (κ1) is 22.1. The van der Waals surface area contributed by atoms with Gasteiger partial charge < -0.3 is 9.64 Å². The minimum atomic E-state index is -0.379. The Morgan fingerprint density at radius 1 is 1.00 bits per heavy atom. The Balaban J connectivity index is 1.49. The van der Waals surface area contributed by atoms with Crippen LogP contribution in [0.3, 0.4) is 0 Å². The van der Waals surface area contributed by atoms with Crippen LogP contribution >= 0.6 is 23.2 Å². The van der Waals surface area contributed by atoms with Crippen molar-refractivity contribution >= 4 is 35.1 Å². The Labute approximate surface area is 192 Å². The van der Waals surface area contributed by atoms with Crippen LogP contribution < -0.4 is 0 Å². The highest BCUT2D eigenvalue weighted by molar-refractivity contribution is 6.36. The van der Waals surface area contributed by atoms with E-state index in [0.717, 1.165) is 42.7 Å². The molecule has 2 aromatic carbocycles. The SMILES string of the molecule is COC(=O)c1ccc(-c2cc(Cl)c(CN3CCC(N4CCCCC4)C3=O)c(Cl)c2)cc1. The van der Waals surface area contributed by atoms with Crippen molar-refractivity contribution < 1.29 is 14.3 Å². The second-order valence-corrected chi connectivity index (χ2v) is 8.96. The molecule has 2 saturated heterocycles. The molecule has 0 spiro atoms. The van der Waals surface area contributed by atoms with E-state index in [2.05, 4.69) is 4.90 Å². The summed E-state index contributed by atoms with van der Waals surface area (Å²) in [6, 6.07) is 10.8. The minimum Gasteiger partial charge on any atom is -0.465 e. The molecule has 5 nitrogen and oxygen atoms in total. The molecule has 0 saturated carbocycles. The summed E-state index contributed by atoms with van der Waals surface area (Å²) >= 11 is 13.2. The first-order chi connectivity index (χ1) is 15.0. The van der Waals surface area contributed by atoms with Crippen molar-refractivity contribution in [3.05, 3.63) is 57.6 Å². The Kier molecular flexibility index (Phi) is 6.85. The fraction of sp³-hybridized carbons (Fsp3) is 0.417. The van der Waals surface area contributed by atoms with E-state index in [1.54, 1.807) is 12.1 Å². The lowest BCUT2D eigenvalue weighted by atomic mass is 10.0. The second kappa shape index (κ2) is 9.60. The van der Waals surface area contributed by atoms with Crippen LogP contribution in [0.1, 0.15) is 41.6 Å². The van der Waals surface area contributed by atoms with Crippen LogP contribution in [0.25, 0.3) is 11.1 Å². The van der Waals surface area contributed by atoms with Gasteiger partial charge in [0.2, 0.25) is 5.91 Å². The third-order valence-electron chi connectivity index (χ3n) is 6.23. The van der Waals surface area contributed by atoms with Crippen molar-refractivity contribution in [3.63, 3.8) is 0 Å². The number of methoxy groups -OCH3 is 1. The van der Waals surface area contributed by atoms with E-state index in [-0.39, 0.29) is 17.9 Å². The fourth-order valence-electron chi connectivity index (χ4n) is 4.48. The number of piperidine rings is 1. The van der Waals surface area contributed by atoms with Gasteiger partial charge in [-0.05, 0) is 67.7 Å². The summed E-state index contributed by atoms with van der Waals surface area (Å²) in [4.78, 5) is 28.8. The van der Waals surface area contributed by atoms with Gasteiger partial charge in [-0.2, -0.15) is 0 Å². The van der Waals surface area contributed by atoms with Gasteiger partial charge in [0.1, 0.15) is 0 Å². The van der Waals surface area contributed by atoms with E-state index in [1.165, 1.54) is 26.4 Å². The number of rotatable bonds is 5. The lowest BCUT2D eigenvalue weighted by Gasteiger charge is -2.31. The molecule has 31 heavy (non-hydrogen) atoms. The third kappa shape index (κ3) is 4.74. The van der Waals surface area contributed by atoms with E-state index < -0.39 is 0 Å². The molecule has 164 valence electrons. The fourth-order valence-corrected chi connectivity index (χ4v) is 5.08. The molecule has 2 aromatic rings. The second-order valence-electron chi connectivity index (χ2n) is 8.15. The van der Waals surface area contributed by atoms with Gasteiger partial charge in [0, 0.05) is 28.7 Å². The molecule has 4 rings (SSSR count). The molecule has 2 aliphatic rings. The van der Waals surface area contributed by atoms with Crippen LogP contribution in [0.15, 0.2) is 36.4 Å². The maximum atomic E-state index is 13.0. The van der Waals surface area contributed by atoms with Crippen molar-refractivity contribution in [1.29, 1.82) is 0 Å². The lowest BCUT2D eigenvalue weighted by Crippen LogP contribution is -2.44. The summed E-state index contributed by atoms with van der Waals surface area (Å²) in [5, 5.41) is 1.07. The van der Waals surface area contributed by atoms with Crippen LogP contribution in [0.2, 0.25) is 10.0 Å². The van der Waals surface area contributed by atoms with Gasteiger partial charge in [-0.3, -0.25) is 9.69 Å². The highest BCUT2D eigenvalue weighted by atomic mass is 35.5. The first-order valence-electron chi connectivity index (χ1n) is 10.7. The molecule has 2 aliphatic heterocycles. The van der Waals surface area contributed by atoms with Crippen molar-refractivity contribution in [2.75, 3.05) is 26.7 Å². The maximum absolute atomic E-state index is 13.0. The number of halogens is 2. The average molecular weight is 461 g/mol. The number of amides is 1. The van der Waals surface area contributed by atoms with Gasteiger partial charge in [-0.1, -0.05) is 41.8 Å². The predicted molar refractivity (Wildman–Crippen MR) is 122 cm³/mol. The van der Waals surface area contributed by atoms with Crippen molar-refractivity contribution in [3.8, 4) is 11.1 Å². The van der Waals surface area contributed by atoms with Gasteiger partial charge in [-0.25, -0.2) is 4.79 Å². The molecule has 1 unspecified atom stereocenters. The Bertz CT molecular complexity index is 948. The largest absolute Gasteiger partial charge is 0.465 e.